The lowest BCUT2D eigenvalue weighted by Crippen LogP contribution is -2.05. The van der Waals surface area contributed by atoms with Gasteiger partial charge in [-0.15, -0.1) is 0 Å². The van der Waals surface area contributed by atoms with Gasteiger partial charge in [0.25, 0.3) is 0 Å². The molecule has 4 heteroatoms. The highest BCUT2D eigenvalue weighted by molar-refractivity contribution is 5.70. The Bertz CT molecular complexity index is 189. The summed E-state index contributed by atoms with van der Waals surface area (Å²) < 4.78 is 5.05. The molecule has 17 heavy (non-hydrogen) atoms. The molecular weight excluding hydrogens is 218 g/mol. The van der Waals surface area contributed by atoms with Crippen molar-refractivity contribution in [3.63, 3.8) is 0 Å². The minimum atomic E-state index is -0.333. The zero-order valence-corrected chi connectivity index (χ0v) is 11.5. The van der Waals surface area contributed by atoms with E-state index in [0.29, 0.717) is 13.0 Å². The first-order valence-electron chi connectivity index (χ1n) is 6.46. The van der Waals surface area contributed by atoms with Gasteiger partial charge in [-0.25, -0.2) is 0 Å². The molecule has 0 aliphatic rings. The van der Waals surface area contributed by atoms with Crippen LogP contribution in [0.1, 0.15) is 65.7 Å². The van der Waals surface area contributed by atoms with E-state index in [1.807, 2.05) is 0 Å². The Morgan fingerprint density at radius 1 is 1.00 bits per heavy atom. The maximum Gasteiger partial charge on any atom is 0.305 e. The summed E-state index contributed by atoms with van der Waals surface area (Å²) in [6.45, 7) is 6.17. The number of nitrogens with two attached hydrogens (primary N) is 1. The van der Waals surface area contributed by atoms with Crippen molar-refractivity contribution in [2.75, 3.05) is 6.61 Å². The molecule has 0 saturated heterocycles. The van der Waals surface area contributed by atoms with E-state index in [0.717, 1.165) is 19.3 Å². The summed E-state index contributed by atoms with van der Waals surface area (Å²) in [4.78, 5) is 20.2. The van der Waals surface area contributed by atoms with Gasteiger partial charge in [0.2, 0.25) is 5.91 Å². The molecule has 4 nitrogen and oxygen atoms in total. The van der Waals surface area contributed by atoms with Crippen molar-refractivity contribution in [2.24, 2.45) is 5.73 Å². The van der Waals surface area contributed by atoms with Crippen LogP contribution in [0.3, 0.4) is 0 Å². The second-order valence-corrected chi connectivity index (χ2v) is 4.00. The zero-order valence-electron chi connectivity index (χ0n) is 11.5. The van der Waals surface area contributed by atoms with E-state index in [9.17, 15) is 9.59 Å². The molecule has 102 valence electrons. The van der Waals surface area contributed by atoms with Gasteiger partial charge in [0, 0.05) is 13.3 Å². The summed E-state index contributed by atoms with van der Waals surface area (Å²) >= 11 is 0. The lowest BCUT2D eigenvalue weighted by atomic mass is 10.2. The molecule has 2 N–H and O–H groups in total. The largest absolute Gasteiger partial charge is 0.466 e. The number of hydrogen-bond acceptors (Lipinski definition) is 3. The predicted molar refractivity (Wildman–Crippen MR) is 69.5 cm³/mol. The fourth-order valence-corrected chi connectivity index (χ4v) is 1.11. The minimum Gasteiger partial charge on any atom is -0.466 e. The number of ether oxygens (including phenoxy) is 1. The van der Waals surface area contributed by atoms with Crippen molar-refractivity contribution < 1.29 is 14.3 Å². The van der Waals surface area contributed by atoms with E-state index >= 15 is 0 Å². The van der Waals surface area contributed by atoms with E-state index in [4.69, 9.17) is 4.74 Å². The molecule has 0 heterocycles. The third kappa shape index (κ3) is 25.3. The van der Waals surface area contributed by atoms with Crippen LogP contribution in [0.2, 0.25) is 0 Å². The summed E-state index contributed by atoms with van der Waals surface area (Å²) in [5, 5.41) is 0. The first-order valence-corrected chi connectivity index (χ1v) is 6.46. The first-order chi connectivity index (χ1) is 8.04. The second kappa shape index (κ2) is 14.9. The minimum absolute atomic E-state index is 0.0293. The molecule has 0 spiro atoms. The average molecular weight is 245 g/mol. The van der Waals surface area contributed by atoms with E-state index in [1.54, 1.807) is 0 Å². The number of hydrogen-bond donors (Lipinski definition) is 1. The van der Waals surface area contributed by atoms with E-state index in [1.165, 1.54) is 26.2 Å². The van der Waals surface area contributed by atoms with Crippen molar-refractivity contribution in [1.82, 2.24) is 0 Å². The van der Waals surface area contributed by atoms with E-state index in [-0.39, 0.29) is 11.9 Å². The van der Waals surface area contributed by atoms with Crippen LogP contribution in [-0.4, -0.2) is 18.5 Å². The fraction of sp³-hybridized carbons (Fsp3) is 0.846. The van der Waals surface area contributed by atoms with Gasteiger partial charge >= 0.3 is 5.97 Å². The second-order valence-electron chi connectivity index (χ2n) is 4.00. The van der Waals surface area contributed by atoms with Crippen LogP contribution < -0.4 is 5.73 Å². The van der Waals surface area contributed by atoms with Crippen LogP contribution in [0.5, 0.6) is 0 Å². The van der Waals surface area contributed by atoms with Crippen molar-refractivity contribution in [2.45, 2.75) is 65.7 Å². The van der Waals surface area contributed by atoms with Crippen LogP contribution in [0, 0.1) is 0 Å². The Hall–Kier alpha value is -1.06. The molecule has 0 unspecified atom stereocenters. The summed E-state index contributed by atoms with van der Waals surface area (Å²) in [7, 11) is 0. The van der Waals surface area contributed by atoms with Crippen LogP contribution in [0.25, 0.3) is 0 Å². The van der Waals surface area contributed by atoms with Crippen molar-refractivity contribution in [3.05, 3.63) is 0 Å². The van der Waals surface area contributed by atoms with Gasteiger partial charge in [0.15, 0.2) is 0 Å². The van der Waals surface area contributed by atoms with Crippen LogP contribution in [0.4, 0.5) is 0 Å². The Kier molecular flexibility index (Phi) is 16.1. The molecule has 0 fully saturated rings. The van der Waals surface area contributed by atoms with Gasteiger partial charge in [-0.2, -0.15) is 0 Å². The lowest BCUT2D eigenvalue weighted by molar-refractivity contribution is -0.143. The highest BCUT2D eigenvalue weighted by atomic mass is 16.5. The van der Waals surface area contributed by atoms with E-state index < -0.39 is 0 Å². The van der Waals surface area contributed by atoms with E-state index in [2.05, 4.69) is 19.6 Å². The normalized spacial score (nSPS) is 9.12. The molecule has 0 rings (SSSR count). The molecule has 0 radical (unpaired) electrons. The maximum atomic E-state index is 11.0. The molecular formula is C13H27NO3. The SMILES string of the molecule is CC(N)=O.CCCCCCOC(=O)CCCC. The fourth-order valence-electron chi connectivity index (χ4n) is 1.11. The predicted octanol–water partition coefficient (Wildman–Crippen LogP) is 2.79. The topological polar surface area (TPSA) is 69.4 Å². The smallest absolute Gasteiger partial charge is 0.305 e. The number of amides is 1. The monoisotopic (exact) mass is 245 g/mol. The number of unbranched alkanes of at least 4 members (excludes halogenated alkanes) is 4. The first kappa shape index (κ1) is 18.3. The highest BCUT2D eigenvalue weighted by Crippen LogP contribution is 2.01. The van der Waals surface area contributed by atoms with Gasteiger partial charge in [-0.3, -0.25) is 9.59 Å². The maximum absolute atomic E-state index is 11.0. The third-order valence-electron chi connectivity index (χ3n) is 2.00. The molecule has 1 amide bonds. The summed E-state index contributed by atoms with van der Waals surface area (Å²) in [6.07, 6.45) is 7.27. The van der Waals surface area contributed by atoms with Crippen LogP contribution in [-0.2, 0) is 14.3 Å². The zero-order chi connectivity index (χ0) is 13.5. The average Bonchev–Trinajstić information content (AvgIpc) is 2.25. The van der Waals surface area contributed by atoms with Gasteiger partial charge in [-0.05, 0) is 12.8 Å². The summed E-state index contributed by atoms with van der Waals surface area (Å²) in [5.41, 5.74) is 4.47. The Labute approximate surface area is 105 Å². The van der Waals surface area contributed by atoms with Crippen LogP contribution in [0.15, 0.2) is 0 Å². The molecule has 0 bridgehead atoms. The molecule has 0 aromatic heterocycles. The molecule has 0 aliphatic heterocycles. The third-order valence-corrected chi connectivity index (χ3v) is 2.00. The van der Waals surface area contributed by atoms with Gasteiger partial charge in [0.05, 0.1) is 6.61 Å². The van der Waals surface area contributed by atoms with Gasteiger partial charge in [-0.1, -0.05) is 39.5 Å². The molecule has 0 atom stereocenters. The number of primary amides is 1. The Morgan fingerprint density at radius 2 is 1.53 bits per heavy atom. The lowest BCUT2D eigenvalue weighted by Gasteiger charge is -2.03. The highest BCUT2D eigenvalue weighted by Gasteiger charge is 2.00. The van der Waals surface area contributed by atoms with Crippen LogP contribution >= 0.6 is 0 Å². The molecule has 0 aromatic rings. The standard InChI is InChI=1S/C11H22O2.C2H5NO/c1-3-5-7-8-10-13-11(12)9-6-4-2;1-2(3)4/h3-10H2,1-2H3;1H3,(H2,3,4). The Balaban J connectivity index is 0. The quantitative estimate of drug-likeness (QED) is 0.528. The van der Waals surface area contributed by atoms with Gasteiger partial charge in [0.1, 0.15) is 0 Å². The number of carbonyl (C=O) groups is 2. The van der Waals surface area contributed by atoms with Crippen molar-refractivity contribution in [1.29, 1.82) is 0 Å². The van der Waals surface area contributed by atoms with Crippen molar-refractivity contribution in [3.8, 4) is 0 Å². The number of esters is 1. The number of rotatable bonds is 8. The van der Waals surface area contributed by atoms with Crippen molar-refractivity contribution >= 4 is 11.9 Å². The number of carbonyl (C=O) groups excluding carboxylic acids is 2. The summed E-state index contributed by atoms with van der Waals surface area (Å²) in [6, 6.07) is 0. The molecule has 0 saturated carbocycles. The molecule has 0 aliphatic carbocycles. The Morgan fingerprint density at radius 3 is 2.00 bits per heavy atom. The summed E-state index contributed by atoms with van der Waals surface area (Å²) in [5.74, 6) is -0.363. The van der Waals surface area contributed by atoms with Gasteiger partial charge < -0.3 is 10.5 Å². The molecule has 0 aromatic carbocycles.